The number of nitrogens with zero attached hydrogens (tertiary/aromatic N) is 1. The molecule has 3 nitrogen and oxygen atoms in total. The lowest BCUT2D eigenvalue weighted by Gasteiger charge is -2.21. The van der Waals surface area contributed by atoms with Gasteiger partial charge in [-0.2, -0.15) is 0 Å². The van der Waals surface area contributed by atoms with Crippen LogP contribution in [0.1, 0.15) is 30.9 Å². The number of methoxy groups -OCH3 is 1. The Labute approximate surface area is 120 Å². The first-order valence-electron chi connectivity index (χ1n) is 6.83. The van der Waals surface area contributed by atoms with Crippen molar-refractivity contribution >= 4 is 17.2 Å². The summed E-state index contributed by atoms with van der Waals surface area (Å²) in [5.41, 5.74) is 7.74. The molecule has 19 heavy (non-hydrogen) atoms. The fraction of sp³-hybridized carbons (Fsp3) is 0.533. The lowest BCUT2D eigenvalue weighted by molar-refractivity contribution is 0.268. The van der Waals surface area contributed by atoms with Gasteiger partial charge in [0.05, 0.1) is 12.7 Å². The minimum absolute atomic E-state index is 0.383. The maximum Gasteiger partial charge on any atom is 0.129 e. The van der Waals surface area contributed by atoms with Gasteiger partial charge >= 0.3 is 0 Å². The number of ether oxygens (including phenoxy) is 1. The zero-order chi connectivity index (χ0) is 13.8. The van der Waals surface area contributed by atoms with Crippen LogP contribution in [0.3, 0.4) is 0 Å². The van der Waals surface area contributed by atoms with Crippen LogP contribution in [0, 0.1) is 5.92 Å². The van der Waals surface area contributed by atoms with Crippen LogP contribution in [0.5, 0.6) is 5.75 Å². The van der Waals surface area contributed by atoms with Crippen molar-refractivity contribution in [1.29, 1.82) is 0 Å². The van der Waals surface area contributed by atoms with E-state index in [2.05, 4.69) is 17.9 Å². The number of benzene rings is 1. The van der Waals surface area contributed by atoms with E-state index < -0.39 is 0 Å². The molecule has 104 valence electrons. The number of hydrogen-bond donors (Lipinski definition) is 1. The molecular formula is C15H22N2OS. The van der Waals surface area contributed by atoms with Crippen molar-refractivity contribution < 1.29 is 4.74 Å². The maximum absolute atomic E-state index is 5.68. The zero-order valence-corrected chi connectivity index (χ0v) is 12.5. The lowest BCUT2D eigenvalue weighted by Crippen LogP contribution is -2.25. The fourth-order valence-corrected chi connectivity index (χ4v) is 2.44. The van der Waals surface area contributed by atoms with Crippen molar-refractivity contribution in [3.63, 3.8) is 0 Å². The molecular weight excluding hydrogens is 256 g/mol. The Hall–Kier alpha value is -1.13. The molecule has 0 bridgehead atoms. The Morgan fingerprint density at radius 2 is 2.21 bits per heavy atom. The topological polar surface area (TPSA) is 38.5 Å². The van der Waals surface area contributed by atoms with Gasteiger partial charge in [-0.25, -0.2) is 0 Å². The molecule has 1 aromatic rings. The van der Waals surface area contributed by atoms with Gasteiger partial charge in [0.25, 0.3) is 0 Å². The minimum Gasteiger partial charge on any atom is -0.496 e. The molecule has 0 spiro atoms. The molecule has 1 aliphatic rings. The van der Waals surface area contributed by atoms with Gasteiger partial charge in [0.1, 0.15) is 10.7 Å². The summed E-state index contributed by atoms with van der Waals surface area (Å²) >= 11 is 5.02. The summed E-state index contributed by atoms with van der Waals surface area (Å²) in [5.74, 6) is 1.69. The van der Waals surface area contributed by atoms with E-state index in [1.54, 1.807) is 7.11 Å². The third kappa shape index (κ3) is 3.91. The predicted octanol–water partition coefficient (Wildman–Crippen LogP) is 2.56. The third-order valence-corrected chi connectivity index (χ3v) is 3.82. The van der Waals surface area contributed by atoms with E-state index >= 15 is 0 Å². The summed E-state index contributed by atoms with van der Waals surface area (Å²) in [4.78, 5) is 2.86. The van der Waals surface area contributed by atoms with Gasteiger partial charge in [0.15, 0.2) is 0 Å². The summed E-state index contributed by atoms with van der Waals surface area (Å²) < 4.78 is 5.37. The van der Waals surface area contributed by atoms with Crippen molar-refractivity contribution in [2.24, 2.45) is 11.7 Å². The highest BCUT2D eigenvalue weighted by Gasteiger charge is 2.23. The Bertz CT molecular complexity index is 457. The van der Waals surface area contributed by atoms with Crippen LogP contribution in [-0.2, 0) is 6.54 Å². The normalized spacial score (nSPS) is 14.7. The van der Waals surface area contributed by atoms with Crippen LogP contribution >= 0.6 is 12.2 Å². The van der Waals surface area contributed by atoms with Gasteiger partial charge in [-0.15, -0.1) is 0 Å². The molecule has 0 aliphatic heterocycles. The summed E-state index contributed by atoms with van der Waals surface area (Å²) in [6.07, 6.45) is 2.78. The van der Waals surface area contributed by atoms with Crippen molar-refractivity contribution in [2.45, 2.75) is 26.3 Å². The molecule has 1 aliphatic carbocycles. The second-order valence-electron chi connectivity index (χ2n) is 5.17. The quantitative estimate of drug-likeness (QED) is 0.778. The van der Waals surface area contributed by atoms with E-state index in [1.165, 1.54) is 24.9 Å². The molecule has 2 rings (SSSR count). The van der Waals surface area contributed by atoms with E-state index in [-0.39, 0.29) is 0 Å². The summed E-state index contributed by atoms with van der Waals surface area (Å²) in [5, 5.41) is 0. The van der Waals surface area contributed by atoms with Crippen LogP contribution < -0.4 is 10.5 Å². The first-order valence-corrected chi connectivity index (χ1v) is 7.24. The van der Waals surface area contributed by atoms with Crippen LogP contribution in [-0.4, -0.2) is 30.1 Å². The molecule has 0 atom stereocenters. The van der Waals surface area contributed by atoms with Crippen LogP contribution in [0.4, 0.5) is 0 Å². The molecule has 0 unspecified atom stereocenters. The minimum atomic E-state index is 0.383. The maximum atomic E-state index is 5.68. The smallest absolute Gasteiger partial charge is 0.129 e. The van der Waals surface area contributed by atoms with Crippen molar-refractivity contribution in [2.75, 3.05) is 20.2 Å². The van der Waals surface area contributed by atoms with E-state index in [1.807, 2.05) is 12.1 Å². The van der Waals surface area contributed by atoms with E-state index in [0.717, 1.165) is 30.3 Å². The second kappa shape index (κ2) is 6.35. The summed E-state index contributed by atoms with van der Waals surface area (Å²) in [7, 11) is 1.66. The predicted molar refractivity (Wildman–Crippen MR) is 82.6 cm³/mol. The van der Waals surface area contributed by atoms with Crippen LogP contribution in [0.2, 0.25) is 0 Å². The summed E-state index contributed by atoms with van der Waals surface area (Å²) in [6.45, 7) is 5.45. The third-order valence-electron chi connectivity index (χ3n) is 3.60. The first kappa shape index (κ1) is 14.3. The number of hydrogen-bond acceptors (Lipinski definition) is 3. The van der Waals surface area contributed by atoms with Gasteiger partial charge in [0, 0.05) is 13.1 Å². The average Bonchev–Trinajstić information content (AvgIpc) is 3.21. The average molecular weight is 278 g/mol. The highest BCUT2D eigenvalue weighted by atomic mass is 32.1. The largest absolute Gasteiger partial charge is 0.496 e. The number of nitrogens with two attached hydrogens (primary N) is 1. The Kier molecular flexibility index (Phi) is 4.77. The Balaban J connectivity index is 2.08. The molecule has 0 saturated heterocycles. The van der Waals surface area contributed by atoms with Crippen LogP contribution in [0.25, 0.3) is 0 Å². The number of rotatable bonds is 7. The van der Waals surface area contributed by atoms with Gasteiger partial charge in [-0.05, 0) is 43.0 Å². The SMILES string of the molecule is CCN(Cc1ccc(C(N)=S)c(OC)c1)CC1CC1. The Morgan fingerprint density at radius 1 is 1.47 bits per heavy atom. The molecule has 1 aromatic carbocycles. The number of thiocarbonyl (C=S) groups is 1. The molecule has 0 aromatic heterocycles. The van der Waals surface area contributed by atoms with Gasteiger partial charge in [-0.3, -0.25) is 4.90 Å². The molecule has 2 N–H and O–H groups in total. The van der Waals surface area contributed by atoms with Crippen LogP contribution in [0.15, 0.2) is 18.2 Å². The zero-order valence-electron chi connectivity index (χ0n) is 11.7. The first-order chi connectivity index (χ1) is 9.13. The van der Waals surface area contributed by atoms with Crippen molar-refractivity contribution in [3.8, 4) is 5.75 Å². The molecule has 0 radical (unpaired) electrons. The van der Waals surface area contributed by atoms with Crippen molar-refractivity contribution in [3.05, 3.63) is 29.3 Å². The highest BCUT2D eigenvalue weighted by Crippen LogP contribution is 2.30. The highest BCUT2D eigenvalue weighted by molar-refractivity contribution is 7.80. The van der Waals surface area contributed by atoms with E-state index in [0.29, 0.717) is 4.99 Å². The monoisotopic (exact) mass is 278 g/mol. The second-order valence-corrected chi connectivity index (χ2v) is 5.61. The standard InChI is InChI=1S/C15H22N2OS/c1-3-17(9-11-4-5-11)10-12-6-7-13(15(16)19)14(8-12)18-2/h6-8,11H,3-5,9-10H2,1-2H3,(H2,16,19). The molecule has 1 saturated carbocycles. The van der Waals surface area contributed by atoms with Crippen molar-refractivity contribution in [1.82, 2.24) is 4.90 Å². The molecule has 4 heteroatoms. The molecule has 1 fully saturated rings. The van der Waals surface area contributed by atoms with Gasteiger partial charge in [-0.1, -0.05) is 25.2 Å². The van der Waals surface area contributed by atoms with E-state index in [4.69, 9.17) is 22.7 Å². The summed E-state index contributed by atoms with van der Waals surface area (Å²) in [6, 6.07) is 6.10. The molecule has 0 heterocycles. The Morgan fingerprint density at radius 3 is 2.74 bits per heavy atom. The lowest BCUT2D eigenvalue weighted by atomic mass is 10.1. The van der Waals surface area contributed by atoms with E-state index in [9.17, 15) is 0 Å². The van der Waals surface area contributed by atoms with Gasteiger partial charge in [0.2, 0.25) is 0 Å². The fourth-order valence-electron chi connectivity index (χ4n) is 2.27. The molecule has 0 amide bonds. The van der Waals surface area contributed by atoms with Gasteiger partial charge < -0.3 is 10.5 Å².